The monoisotopic (exact) mass is 226 g/mol. The number of nitrogens with zero attached hydrogens (tertiary/aromatic N) is 2. The molecule has 0 aromatic carbocycles. The summed E-state index contributed by atoms with van der Waals surface area (Å²) in [6.07, 6.45) is 4.15. The standard InChI is InChI=1S/C12H22N2O2/c1-11(15)14-7-5-13(6-8-14)10-12-4-2-3-9-16-12/h12H,2-10H2,1H3. The normalized spacial score (nSPS) is 28.1. The van der Waals surface area contributed by atoms with E-state index in [0.29, 0.717) is 6.10 Å². The van der Waals surface area contributed by atoms with Crippen molar-refractivity contribution in [2.24, 2.45) is 0 Å². The van der Waals surface area contributed by atoms with Gasteiger partial charge in [0.15, 0.2) is 0 Å². The Balaban J connectivity index is 1.70. The van der Waals surface area contributed by atoms with Gasteiger partial charge in [-0.3, -0.25) is 9.69 Å². The lowest BCUT2D eigenvalue weighted by molar-refractivity contribution is -0.130. The van der Waals surface area contributed by atoms with Crippen molar-refractivity contribution in [3.05, 3.63) is 0 Å². The fraction of sp³-hybridized carbons (Fsp3) is 0.917. The summed E-state index contributed by atoms with van der Waals surface area (Å²) in [6.45, 7) is 7.38. The van der Waals surface area contributed by atoms with Gasteiger partial charge in [0.05, 0.1) is 6.10 Å². The predicted molar refractivity (Wildman–Crippen MR) is 62.3 cm³/mol. The molecule has 0 bridgehead atoms. The Labute approximate surface area is 97.5 Å². The van der Waals surface area contributed by atoms with Gasteiger partial charge in [-0.25, -0.2) is 0 Å². The maximum absolute atomic E-state index is 11.2. The van der Waals surface area contributed by atoms with Gasteiger partial charge in [-0.05, 0) is 19.3 Å². The number of amides is 1. The highest BCUT2D eigenvalue weighted by Gasteiger charge is 2.22. The van der Waals surface area contributed by atoms with Crippen LogP contribution in [0.5, 0.6) is 0 Å². The molecule has 1 atom stereocenters. The van der Waals surface area contributed by atoms with Crippen molar-refractivity contribution in [3.8, 4) is 0 Å². The van der Waals surface area contributed by atoms with Crippen LogP contribution in [0, 0.1) is 0 Å². The Bertz CT molecular complexity index is 231. The van der Waals surface area contributed by atoms with E-state index in [-0.39, 0.29) is 5.91 Å². The van der Waals surface area contributed by atoms with Crippen LogP contribution < -0.4 is 0 Å². The Kier molecular flexibility index (Phi) is 4.18. The minimum absolute atomic E-state index is 0.202. The summed E-state index contributed by atoms with van der Waals surface area (Å²) in [5.41, 5.74) is 0. The fourth-order valence-electron chi connectivity index (χ4n) is 2.48. The molecule has 0 aliphatic carbocycles. The lowest BCUT2D eigenvalue weighted by Crippen LogP contribution is -2.50. The Morgan fingerprint density at radius 3 is 2.56 bits per heavy atom. The van der Waals surface area contributed by atoms with Gasteiger partial charge in [-0.1, -0.05) is 0 Å². The Morgan fingerprint density at radius 1 is 1.25 bits per heavy atom. The molecule has 0 N–H and O–H groups in total. The number of hydrogen-bond acceptors (Lipinski definition) is 3. The van der Waals surface area contributed by atoms with Crippen molar-refractivity contribution in [2.45, 2.75) is 32.3 Å². The van der Waals surface area contributed by atoms with E-state index in [2.05, 4.69) is 4.90 Å². The second-order valence-electron chi connectivity index (χ2n) is 4.80. The molecule has 0 spiro atoms. The highest BCUT2D eigenvalue weighted by atomic mass is 16.5. The van der Waals surface area contributed by atoms with Crippen molar-refractivity contribution in [1.29, 1.82) is 0 Å². The lowest BCUT2D eigenvalue weighted by Gasteiger charge is -2.36. The van der Waals surface area contributed by atoms with Gasteiger partial charge < -0.3 is 9.64 Å². The highest BCUT2D eigenvalue weighted by Crippen LogP contribution is 2.14. The first-order valence-electron chi connectivity index (χ1n) is 6.35. The third-order valence-electron chi connectivity index (χ3n) is 3.55. The zero-order chi connectivity index (χ0) is 11.4. The number of carbonyl (C=O) groups excluding carboxylic acids is 1. The quantitative estimate of drug-likeness (QED) is 0.695. The van der Waals surface area contributed by atoms with Gasteiger partial charge >= 0.3 is 0 Å². The van der Waals surface area contributed by atoms with Crippen molar-refractivity contribution in [1.82, 2.24) is 9.80 Å². The molecular formula is C12H22N2O2. The molecule has 0 radical (unpaired) electrons. The molecule has 4 heteroatoms. The summed E-state index contributed by atoms with van der Waals surface area (Å²) in [6, 6.07) is 0. The van der Waals surface area contributed by atoms with Gasteiger partial charge in [0, 0.05) is 46.3 Å². The van der Waals surface area contributed by atoms with Crippen LogP contribution in [0.15, 0.2) is 0 Å². The molecule has 2 aliphatic heterocycles. The molecule has 2 heterocycles. The van der Waals surface area contributed by atoms with Crippen molar-refractivity contribution < 1.29 is 9.53 Å². The minimum Gasteiger partial charge on any atom is -0.377 e. The average molecular weight is 226 g/mol. The van der Waals surface area contributed by atoms with E-state index in [9.17, 15) is 4.79 Å². The van der Waals surface area contributed by atoms with Gasteiger partial charge in [-0.15, -0.1) is 0 Å². The molecule has 2 aliphatic rings. The second kappa shape index (κ2) is 5.64. The largest absolute Gasteiger partial charge is 0.377 e. The van der Waals surface area contributed by atoms with Crippen LogP contribution in [-0.2, 0) is 9.53 Å². The molecule has 2 rings (SSSR count). The van der Waals surface area contributed by atoms with E-state index in [4.69, 9.17) is 4.74 Å². The van der Waals surface area contributed by atoms with Crippen LogP contribution >= 0.6 is 0 Å². The minimum atomic E-state index is 0.202. The van der Waals surface area contributed by atoms with Crippen molar-refractivity contribution in [2.75, 3.05) is 39.3 Å². The van der Waals surface area contributed by atoms with E-state index in [1.165, 1.54) is 19.3 Å². The van der Waals surface area contributed by atoms with Gasteiger partial charge in [0.1, 0.15) is 0 Å². The summed E-state index contributed by atoms with van der Waals surface area (Å²) in [5.74, 6) is 0.202. The Hall–Kier alpha value is -0.610. The fourth-order valence-corrected chi connectivity index (χ4v) is 2.48. The lowest BCUT2D eigenvalue weighted by atomic mass is 10.1. The molecule has 0 aromatic rings. The molecular weight excluding hydrogens is 204 g/mol. The molecule has 0 saturated carbocycles. The first kappa shape index (κ1) is 11.9. The van der Waals surface area contributed by atoms with Crippen LogP contribution in [0.1, 0.15) is 26.2 Å². The molecule has 2 fully saturated rings. The van der Waals surface area contributed by atoms with Crippen LogP contribution in [0.2, 0.25) is 0 Å². The van der Waals surface area contributed by atoms with E-state index in [0.717, 1.165) is 39.3 Å². The van der Waals surface area contributed by atoms with Crippen LogP contribution in [0.25, 0.3) is 0 Å². The number of ether oxygens (including phenoxy) is 1. The molecule has 92 valence electrons. The third kappa shape index (κ3) is 3.19. The molecule has 4 nitrogen and oxygen atoms in total. The number of hydrogen-bond donors (Lipinski definition) is 0. The van der Waals surface area contributed by atoms with E-state index >= 15 is 0 Å². The smallest absolute Gasteiger partial charge is 0.219 e. The molecule has 0 aromatic heterocycles. The summed E-state index contributed by atoms with van der Waals surface area (Å²) >= 11 is 0. The predicted octanol–water partition coefficient (Wildman–Crippen LogP) is 0.720. The van der Waals surface area contributed by atoms with Gasteiger partial charge in [-0.2, -0.15) is 0 Å². The van der Waals surface area contributed by atoms with E-state index < -0.39 is 0 Å². The van der Waals surface area contributed by atoms with Crippen molar-refractivity contribution >= 4 is 5.91 Å². The molecule has 1 unspecified atom stereocenters. The van der Waals surface area contributed by atoms with E-state index in [1.807, 2.05) is 4.90 Å². The van der Waals surface area contributed by atoms with Gasteiger partial charge in [0.2, 0.25) is 5.91 Å². The summed E-state index contributed by atoms with van der Waals surface area (Å²) in [5, 5.41) is 0. The zero-order valence-electron chi connectivity index (χ0n) is 10.2. The summed E-state index contributed by atoms with van der Waals surface area (Å²) < 4.78 is 5.73. The maximum Gasteiger partial charge on any atom is 0.219 e. The van der Waals surface area contributed by atoms with Crippen LogP contribution in [-0.4, -0.2) is 61.1 Å². The molecule has 16 heavy (non-hydrogen) atoms. The second-order valence-corrected chi connectivity index (χ2v) is 4.80. The average Bonchev–Trinajstić information content (AvgIpc) is 2.31. The number of carbonyl (C=O) groups is 1. The van der Waals surface area contributed by atoms with Crippen LogP contribution in [0.3, 0.4) is 0 Å². The number of rotatable bonds is 2. The highest BCUT2D eigenvalue weighted by molar-refractivity contribution is 5.73. The first-order valence-corrected chi connectivity index (χ1v) is 6.35. The van der Waals surface area contributed by atoms with Crippen LogP contribution in [0.4, 0.5) is 0 Å². The topological polar surface area (TPSA) is 32.8 Å². The number of piperazine rings is 1. The summed E-state index contributed by atoms with van der Waals surface area (Å²) in [7, 11) is 0. The Morgan fingerprint density at radius 2 is 2.00 bits per heavy atom. The van der Waals surface area contributed by atoms with Gasteiger partial charge in [0.25, 0.3) is 0 Å². The zero-order valence-corrected chi connectivity index (χ0v) is 10.2. The molecule has 2 saturated heterocycles. The molecule has 1 amide bonds. The third-order valence-corrected chi connectivity index (χ3v) is 3.55. The van der Waals surface area contributed by atoms with Crippen molar-refractivity contribution in [3.63, 3.8) is 0 Å². The first-order chi connectivity index (χ1) is 7.75. The summed E-state index contributed by atoms with van der Waals surface area (Å²) in [4.78, 5) is 15.5. The van der Waals surface area contributed by atoms with E-state index in [1.54, 1.807) is 6.92 Å². The maximum atomic E-state index is 11.2. The SMILES string of the molecule is CC(=O)N1CCN(CC2CCCCO2)CC1.